The fraction of sp³-hybridized carbons (Fsp3) is 0.417. The maximum Gasteiger partial charge on any atom is 0.235 e. The van der Waals surface area contributed by atoms with Crippen molar-refractivity contribution in [2.75, 3.05) is 5.88 Å². The molecule has 1 aromatic carbocycles. The summed E-state index contributed by atoms with van der Waals surface area (Å²) in [6.45, 7) is 4.07. The molecule has 3 heteroatoms. The molecule has 0 radical (unpaired) electrons. The number of amides is 1. The van der Waals surface area contributed by atoms with Gasteiger partial charge in [0.2, 0.25) is 5.91 Å². The maximum absolute atomic E-state index is 11.1. The van der Waals surface area contributed by atoms with Gasteiger partial charge in [0.1, 0.15) is 5.88 Å². The molecule has 0 heterocycles. The molecule has 0 aliphatic heterocycles. The lowest BCUT2D eigenvalue weighted by Crippen LogP contribution is -2.27. The Morgan fingerprint density at radius 3 is 2.47 bits per heavy atom. The van der Waals surface area contributed by atoms with E-state index in [0.29, 0.717) is 0 Å². The zero-order valence-electron chi connectivity index (χ0n) is 9.09. The molecule has 1 unspecified atom stereocenters. The standard InChI is InChI=1S/C12H16ClNO/c1-3-10-4-6-11(7-5-10)9(2)14-12(15)8-13/h4-7,9H,3,8H2,1-2H3,(H,14,15). The van der Waals surface area contributed by atoms with Gasteiger partial charge in [-0.05, 0) is 24.5 Å². The minimum Gasteiger partial charge on any atom is -0.349 e. The van der Waals surface area contributed by atoms with Crippen LogP contribution in [-0.4, -0.2) is 11.8 Å². The van der Waals surface area contributed by atoms with Crippen LogP contribution in [0.1, 0.15) is 31.0 Å². The van der Waals surface area contributed by atoms with Gasteiger partial charge in [-0.3, -0.25) is 4.79 Å². The lowest BCUT2D eigenvalue weighted by atomic mass is 10.1. The van der Waals surface area contributed by atoms with E-state index in [4.69, 9.17) is 11.6 Å². The summed E-state index contributed by atoms with van der Waals surface area (Å²) in [5.41, 5.74) is 2.40. The minimum atomic E-state index is -0.135. The van der Waals surface area contributed by atoms with Gasteiger partial charge in [-0.1, -0.05) is 31.2 Å². The van der Waals surface area contributed by atoms with Crippen molar-refractivity contribution in [2.24, 2.45) is 0 Å². The van der Waals surface area contributed by atoms with Gasteiger partial charge < -0.3 is 5.32 Å². The van der Waals surface area contributed by atoms with Crippen molar-refractivity contribution in [3.05, 3.63) is 35.4 Å². The molecule has 0 aliphatic carbocycles. The Hall–Kier alpha value is -1.02. The van der Waals surface area contributed by atoms with E-state index in [9.17, 15) is 4.79 Å². The van der Waals surface area contributed by atoms with E-state index in [1.165, 1.54) is 5.56 Å². The average Bonchev–Trinajstić information content (AvgIpc) is 2.29. The molecule has 0 fully saturated rings. The Balaban J connectivity index is 2.65. The van der Waals surface area contributed by atoms with Crippen LogP contribution in [0.15, 0.2) is 24.3 Å². The van der Waals surface area contributed by atoms with Gasteiger partial charge in [0, 0.05) is 0 Å². The first-order valence-corrected chi connectivity index (χ1v) is 5.65. The number of benzene rings is 1. The first-order valence-electron chi connectivity index (χ1n) is 5.11. The van der Waals surface area contributed by atoms with E-state index in [0.717, 1.165) is 12.0 Å². The Morgan fingerprint density at radius 1 is 1.40 bits per heavy atom. The van der Waals surface area contributed by atoms with Crippen molar-refractivity contribution in [1.29, 1.82) is 0 Å². The molecule has 1 rings (SSSR count). The Morgan fingerprint density at radius 2 is 2.00 bits per heavy atom. The molecule has 1 atom stereocenters. The highest BCUT2D eigenvalue weighted by Crippen LogP contribution is 2.13. The van der Waals surface area contributed by atoms with Crippen LogP contribution in [0.4, 0.5) is 0 Å². The zero-order chi connectivity index (χ0) is 11.3. The van der Waals surface area contributed by atoms with E-state index in [-0.39, 0.29) is 17.8 Å². The molecular weight excluding hydrogens is 210 g/mol. The number of halogens is 1. The lowest BCUT2D eigenvalue weighted by Gasteiger charge is -2.13. The van der Waals surface area contributed by atoms with Gasteiger partial charge in [-0.25, -0.2) is 0 Å². The van der Waals surface area contributed by atoms with Crippen LogP contribution in [0.25, 0.3) is 0 Å². The van der Waals surface area contributed by atoms with Gasteiger partial charge in [0.25, 0.3) is 0 Å². The molecular formula is C12H16ClNO. The van der Waals surface area contributed by atoms with Gasteiger partial charge in [0.05, 0.1) is 6.04 Å². The highest BCUT2D eigenvalue weighted by molar-refractivity contribution is 6.27. The number of rotatable bonds is 4. The summed E-state index contributed by atoms with van der Waals surface area (Å²) in [4.78, 5) is 11.1. The van der Waals surface area contributed by atoms with E-state index in [1.807, 2.05) is 19.1 Å². The molecule has 0 saturated carbocycles. The lowest BCUT2D eigenvalue weighted by molar-refractivity contribution is -0.119. The number of alkyl halides is 1. The summed E-state index contributed by atoms with van der Waals surface area (Å²) in [6.07, 6.45) is 1.03. The highest BCUT2D eigenvalue weighted by atomic mass is 35.5. The Bertz CT molecular complexity index is 321. The van der Waals surface area contributed by atoms with E-state index in [1.54, 1.807) is 0 Å². The number of carbonyl (C=O) groups excluding carboxylic acids is 1. The number of hydrogen-bond donors (Lipinski definition) is 1. The Kier molecular flexibility index (Phi) is 4.63. The van der Waals surface area contributed by atoms with Crippen LogP contribution in [0, 0.1) is 0 Å². The summed E-state index contributed by atoms with van der Waals surface area (Å²) in [6, 6.07) is 8.26. The van der Waals surface area contributed by atoms with Crippen LogP contribution in [0.5, 0.6) is 0 Å². The molecule has 0 saturated heterocycles. The van der Waals surface area contributed by atoms with E-state index < -0.39 is 0 Å². The molecule has 0 aromatic heterocycles. The van der Waals surface area contributed by atoms with Crippen LogP contribution >= 0.6 is 11.6 Å². The molecule has 15 heavy (non-hydrogen) atoms. The Labute approximate surface area is 95.6 Å². The monoisotopic (exact) mass is 225 g/mol. The maximum atomic E-state index is 11.1. The topological polar surface area (TPSA) is 29.1 Å². The van der Waals surface area contributed by atoms with E-state index >= 15 is 0 Å². The zero-order valence-corrected chi connectivity index (χ0v) is 9.84. The van der Waals surface area contributed by atoms with Gasteiger partial charge in [-0.15, -0.1) is 11.6 Å². The van der Waals surface area contributed by atoms with Crippen molar-refractivity contribution in [3.8, 4) is 0 Å². The van der Waals surface area contributed by atoms with Crippen molar-refractivity contribution < 1.29 is 4.79 Å². The predicted molar refractivity (Wildman–Crippen MR) is 63.1 cm³/mol. The van der Waals surface area contributed by atoms with Crippen molar-refractivity contribution in [1.82, 2.24) is 5.32 Å². The third-order valence-electron chi connectivity index (χ3n) is 2.39. The second-order valence-corrected chi connectivity index (χ2v) is 3.79. The average molecular weight is 226 g/mol. The predicted octanol–water partition coefficient (Wildman–Crippen LogP) is 2.67. The summed E-state index contributed by atoms with van der Waals surface area (Å²) >= 11 is 5.42. The summed E-state index contributed by atoms with van der Waals surface area (Å²) in [5, 5.41) is 2.81. The first kappa shape index (κ1) is 12.1. The van der Waals surface area contributed by atoms with Crippen LogP contribution in [-0.2, 0) is 11.2 Å². The largest absolute Gasteiger partial charge is 0.349 e. The summed E-state index contributed by atoms with van der Waals surface area (Å²) < 4.78 is 0. The van der Waals surface area contributed by atoms with Crippen LogP contribution in [0.2, 0.25) is 0 Å². The summed E-state index contributed by atoms with van der Waals surface area (Å²) in [7, 11) is 0. The normalized spacial score (nSPS) is 12.2. The molecule has 2 nitrogen and oxygen atoms in total. The van der Waals surface area contributed by atoms with E-state index in [2.05, 4.69) is 24.4 Å². The van der Waals surface area contributed by atoms with Crippen LogP contribution in [0.3, 0.4) is 0 Å². The van der Waals surface area contributed by atoms with Crippen molar-refractivity contribution >= 4 is 17.5 Å². The SMILES string of the molecule is CCc1ccc(C(C)NC(=O)CCl)cc1. The second-order valence-electron chi connectivity index (χ2n) is 3.52. The number of aryl methyl sites for hydroxylation is 1. The number of nitrogens with one attached hydrogen (secondary N) is 1. The number of hydrogen-bond acceptors (Lipinski definition) is 1. The smallest absolute Gasteiger partial charge is 0.235 e. The second kappa shape index (κ2) is 5.76. The van der Waals surface area contributed by atoms with Gasteiger partial charge in [0.15, 0.2) is 0 Å². The molecule has 1 N–H and O–H groups in total. The minimum absolute atomic E-state index is 0.0113. The molecule has 0 spiro atoms. The molecule has 0 bridgehead atoms. The fourth-order valence-corrected chi connectivity index (χ4v) is 1.48. The van der Waals surface area contributed by atoms with Crippen molar-refractivity contribution in [3.63, 3.8) is 0 Å². The van der Waals surface area contributed by atoms with Gasteiger partial charge in [-0.2, -0.15) is 0 Å². The first-order chi connectivity index (χ1) is 7.17. The molecule has 82 valence electrons. The molecule has 1 amide bonds. The van der Waals surface area contributed by atoms with Crippen LogP contribution < -0.4 is 5.32 Å². The third-order valence-corrected chi connectivity index (χ3v) is 2.63. The van der Waals surface area contributed by atoms with Crippen molar-refractivity contribution in [2.45, 2.75) is 26.3 Å². The number of carbonyl (C=O) groups is 1. The summed E-state index contributed by atoms with van der Waals surface area (Å²) in [5.74, 6) is -0.124. The van der Waals surface area contributed by atoms with Gasteiger partial charge >= 0.3 is 0 Å². The molecule has 0 aliphatic rings. The third kappa shape index (κ3) is 3.56. The fourth-order valence-electron chi connectivity index (χ4n) is 1.41. The highest BCUT2D eigenvalue weighted by Gasteiger charge is 2.07. The molecule has 1 aromatic rings. The quantitative estimate of drug-likeness (QED) is 0.785.